The fraction of sp³-hybridized carbons (Fsp3) is 0.579. The minimum absolute atomic E-state index is 0.377. The van der Waals surface area contributed by atoms with E-state index in [0.717, 1.165) is 18.0 Å². The van der Waals surface area contributed by atoms with Crippen LogP contribution in [0.2, 0.25) is 0 Å². The van der Waals surface area contributed by atoms with E-state index in [2.05, 4.69) is 48.3 Å². The molecule has 20 heavy (non-hydrogen) atoms. The Morgan fingerprint density at radius 1 is 1.15 bits per heavy atom. The molecule has 108 valence electrons. The molecular formula is C19H27N. The van der Waals surface area contributed by atoms with Crippen molar-refractivity contribution < 1.29 is 0 Å². The molecule has 1 heteroatoms. The Balaban J connectivity index is 1.99. The predicted molar refractivity (Wildman–Crippen MR) is 86.6 cm³/mol. The SMILES string of the molecule is CCCCNC(C#Cc1ccccc1)C1CCCCC1. The topological polar surface area (TPSA) is 12.0 Å². The summed E-state index contributed by atoms with van der Waals surface area (Å²) in [4.78, 5) is 0. The molecule has 0 bridgehead atoms. The molecule has 0 saturated heterocycles. The summed E-state index contributed by atoms with van der Waals surface area (Å²) < 4.78 is 0. The molecule has 1 saturated carbocycles. The lowest BCUT2D eigenvalue weighted by Crippen LogP contribution is -2.36. The van der Waals surface area contributed by atoms with Crippen LogP contribution in [0.15, 0.2) is 30.3 Å². The van der Waals surface area contributed by atoms with Crippen LogP contribution in [-0.4, -0.2) is 12.6 Å². The zero-order valence-electron chi connectivity index (χ0n) is 12.7. The van der Waals surface area contributed by atoms with Crippen molar-refractivity contribution >= 4 is 0 Å². The lowest BCUT2D eigenvalue weighted by Gasteiger charge is -2.27. The van der Waals surface area contributed by atoms with Crippen LogP contribution in [0.4, 0.5) is 0 Å². The maximum atomic E-state index is 3.69. The standard InChI is InChI=1S/C19H27N/c1-2-3-16-20-19(18-12-8-5-9-13-18)15-14-17-10-6-4-7-11-17/h4,6-7,10-11,18-20H,2-3,5,8-9,12-13,16H2,1H3. The van der Waals surface area contributed by atoms with Gasteiger partial charge in [-0.3, -0.25) is 0 Å². The van der Waals surface area contributed by atoms with Crippen LogP contribution in [0.3, 0.4) is 0 Å². The second-order valence-corrected chi connectivity index (χ2v) is 5.82. The number of unbranched alkanes of at least 4 members (excludes halogenated alkanes) is 1. The van der Waals surface area contributed by atoms with Gasteiger partial charge in [-0.1, -0.05) is 62.6 Å². The lowest BCUT2D eigenvalue weighted by atomic mass is 9.84. The molecule has 1 aromatic rings. The zero-order valence-corrected chi connectivity index (χ0v) is 12.7. The van der Waals surface area contributed by atoms with Gasteiger partial charge in [-0.25, -0.2) is 0 Å². The van der Waals surface area contributed by atoms with Crippen LogP contribution in [-0.2, 0) is 0 Å². The molecule has 2 rings (SSSR count). The van der Waals surface area contributed by atoms with E-state index in [1.165, 1.54) is 44.9 Å². The van der Waals surface area contributed by atoms with Crippen molar-refractivity contribution in [1.82, 2.24) is 5.32 Å². The summed E-state index contributed by atoms with van der Waals surface area (Å²) in [6.07, 6.45) is 9.34. The number of hydrogen-bond acceptors (Lipinski definition) is 1. The fourth-order valence-corrected chi connectivity index (χ4v) is 2.92. The molecule has 0 aromatic heterocycles. The van der Waals surface area contributed by atoms with Gasteiger partial charge in [0.15, 0.2) is 0 Å². The largest absolute Gasteiger partial charge is 0.303 e. The molecule has 1 atom stereocenters. The van der Waals surface area contributed by atoms with Gasteiger partial charge >= 0.3 is 0 Å². The molecule has 1 fully saturated rings. The van der Waals surface area contributed by atoms with Gasteiger partial charge in [0.25, 0.3) is 0 Å². The fourth-order valence-electron chi connectivity index (χ4n) is 2.92. The second-order valence-electron chi connectivity index (χ2n) is 5.82. The molecule has 1 aliphatic carbocycles. The van der Waals surface area contributed by atoms with Crippen molar-refractivity contribution in [3.05, 3.63) is 35.9 Å². The van der Waals surface area contributed by atoms with Crippen LogP contribution in [0.5, 0.6) is 0 Å². The highest BCUT2D eigenvalue weighted by molar-refractivity contribution is 5.35. The molecule has 1 N–H and O–H groups in total. The van der Waals surface area contributed by atoms with Crippen LogP contribution < -0.4 is 5.32 Å². The summed E-state index contributed by atoms with van der Waals surface area (Å²) in [5.74, 6) is 7.61. The third kappa shape index (κ3) is 5.02. The van der Waals surface area contributed by atoms with Gasteiger partial charge in [0, 0.05) is 5.56 Å². The van der Waals surface area contributed by atoms with Gasteiger partial charge in [-0.05, 0) is 43.9 Å². The third-order valence-electron chi connectivity index (χ3n) is 4.16. The van der Waals surface area contributed by atoms with Crippen molar-refractivity contribution in [2.24, 2.45) is 5.92 Å². The van der Waals surface area contributed by atoms with Crippen LogP contribution in [0, 0.1) is 17.8 Å². The van der Waals surface area contributed by atoms with Crippen molar-refractivity contribution in [1.29, 1.82) is 0 Å². The summed E-state index contributed by atoms with van der Waals surface area (Å²) in [6.45, 7) is 3.34. The van der Waals surface area contributed by atoms with Crippen molar-refractivity contribution in [3.63, 3.8) is 0 Å². The highest BCUT2D eigenvalue weighted by Crippen LogP contribution is 2.26. The summed E-state index contributed by atoms with van der Waals surface area (Å²) >= 11 is 0. The minimum Gasteiger partial charge on any atom is -0.303 e. The summed E-state index contributed by atoms with van der Waals surface area (Å²) in [5, 5.41) is 3.69. The molecule has 0 radical (unpaired) electrons. The average molecular weight is 269 g/mol. The Labute approximate surface area is 124 Å². The summed E-state index contributed by atoms with van der Waals surface area (Å²) in [6, 6.07) is 10.7. The van der Waals surface area contributed by atoms with E-state index in [0.29, 0.717) is 6.04 Å². The number of nitrogens with one attached hydrogen (secondary N) is 1. The molecule has 0 spiro atoms. The first kappa shape index (κ1) is 15.1. The van der Waals surface area contributed by atoms with E-state index < -0.39 is 0 Å². The van der Waals surface area contributed by atoms with E-state index in [1.807, 2.05) is 6.07 Å². The van der Waals surface area contributed by atoms with E-state index in [-0.39, 0.29) is 0 Å². The van der Waals surface area contributed by atoms with Gasteiger partial charge in [-0.15, -0.1) is 0 Å². The highest BCUT2D eigenvalue weighted by atomic mass is 14.9. The Bertz CT molecular complexity index is 420. The molecule has 1 aromatic carbocycles. The Morgan fingerprint density at radius 2 is 1.90 bits per heavy atom. The quantitative estimate of drug-likeness (QED) is 0.618. The van der Waals surface area contributed by atoms with Crippen molar-refractivity contribution in [3.8, 4) is 11.8 Å². The Hall–Kier alpha value is -1.26. The number of benzene rings is 1. The molecule has 1 unspecified atom stereocenters. The molecule has 0 heterocycles. The van der Waals surface area contributed by atoms with Gasteiger partial charge < -0.3 is 5.32 Å². The van der Waals surface area contributed by atoms with Gasteiger partial charge in [-0.2, -0.15) is 0 Å². The second kappa shape index (κ2) is 8.82. The van der Waals surface area contributed by atoms with Crippen molar-refractivity contribution in [2.45, 2.75) is 57.9 Å². The molecular weight excluding hydrogens is 242 g/mol. The van der Waals surface area contributed by atoms with E-state index >= 15 is 0 Å². The summed E-state index contributed by atoms with van der Waals surface area (Å²) in [5.41, 5.74) is 1.13. The monoisotopic (exact) mass is 269 g/mol. The zero-order chi connectivity index (χ0) is 14.0. The summed E-state index contributed by atoms with van der Waals surface area (Å²) in [7, 11) is 0. The van der Waals surface area contributed by atoms with Gasteiger partial charge in [0.1, 0.15) is 0 Å². The Kier molecular flexibility index (Phi) is 6.68. The highest BCUT2D eigenvalue weighted by Gasteiger charge is 2.21. The maximum absolute atomic E-state index is 3.69. The molecule has 0 aliphatic heterocycles. The van der Waals surface area contributed by atoms with E-state index in [1.54, 1.807) is 0 Å². The Morgan fingerprint density at radius 3 is 2.60 bits per heavy atom. The molecule has 1 nitrogen and oxygen atoms in total. The van der Waals surface area contributed by atoms with Gasteiger partial charge in [0.2, 0.25) is 0 Å². The minimum atomic E-state index is 0.377. The lowest BCUT2D eigenvalue weighted by molar-refractivity contribution is 0.306. The van der Waals surface area contributed by atoms with Crippen molar-refractivity contribution in [2.75, 3.05) is 6.54 Å². The average Bonchev–Trinajstić information content (AvgIpc) is 2.52. The third-order valence-corrected chi connectivity index (χ3v) is 4.16. The number of rotatable bonds is 5. The van der Waals surface area contributed by atoms with Gasteiger partial charge in [0.05, 0.1) is 6.04 Å². The molecule has 1 aliphatic rings. The first-order chi connectivity index (χ1) is 9.90. The van der Waals surface area contributed by atoms with Crippen LogP contribution in [0.25, 0.3) is 0 Å². The molecule has 0 amide bonds. The smallest absolute Gasteiger partial charge is 0.0721 e. The maximum Gasteiger partial charge on any atom is 0.0721 e. The first-order valence-corrected chi connectivity index (χ1v) is 8.20. The van der Waals surface area contributed by atoms with E-state index in [9.17, 15) is 0 Å². The first-order valence-electron chi connectivity index (χ1n) is 8.20. The number of hydrogen-bond donors (Lipinski definition) is 1. The van der Waals surface area contributed by atoms with E-state index in [4.69, 9.17) is 0 Å². The van der Waals surface area contributed by atoms with Crippen LogP contribution in [0.1, 0.15) is 57.4 Å². The normalized spacial score (nSPS) is 17.2. The predicted octanol–water partition coefficient (Wildman–Crippen LogP) is 4.38. The van der Waals surface area contributed by atoms with Crippen LogP contribution >= 0.6 is 0 Å².